The molecule has 0 unspecified atom stereocenters. The van der Waals surface area contributed by atoms with Gasteiger partial charge in [-0.05, 0) is 36.6 Å². The molecule has 0 aromatic heterocycles. The van der Waals surface area contributed by atoms with Crippen LogP contribution in [-0.4, -0.2) is 62.7 Å². The minimum Gasteiger partial charge on any atom is -0.354 e. The van der Waals surface area contributed by atoms with Crippen molar-refractivity contribution in [3.63, 3.8) is 0 Å². The summed E-state index contributed by atoms with van der Waals surface area (Å²) in [5.41, 5.74) is 2.39. The van der Waals surface area contributed by atoms with Gasteiger partial charge in [0.15, 0.2) is 0 Å². The van der Waals surface area contributed by atoms with E-state index in [0.29, 0.717) is 13.0 Å². The van der Waals surface area contributed by atoms with Gasteiger partial charge in [0.05, 0.1) is 5.69 Å². The Morgan fingerprint density at radius 3 is 2.12 bits per heavy atom. The number of amides is 2. The molecule has 0 fully saturated rings. The smallest absolute Gasteiger partial charge is 0.304 e. The largest absolute Gasteiger partial charge is 0.354 e. The maximum absolute atomic E-state index is 14.9. The van der Waals surface area contributed by atoms with Crippen LogP contribution in [-0.2, 0) is 32.8 Å². The summed E-state index contributed by atoms with van der Waals surface area (Å²) >= 11 is 0. The van der Waals surface area contributed by atoms with Gasteiger partial charge in [0, 0.05) is 33.6 Å². The Balaban J connectivity index is 2.08. The summed E-state index contributed by atoms with van der Waals surface area (Å²) in [5.74, 6) is -1.77. The summed E-state index contributed by atoms with van der Waals surface area (Å²) in [7, 11) is -1.63. The first-order valence-electron chi connectivity index (χ1n) is 13.2. The second kappa shape index (κ2) is 14.0. The number of halogens is 1. The molecule has 0 aliphatic carbocycles. The van der Waals surface area contributed by atoms with Crippen molar-refractivity contribution in [3.8, 4) is 0 Å². The van der Waals surface area contributed by atoms with E-state index in [-0.39, 0.29) is 24.6 Å². The normalized spacial score (nSPS) is 12.2. The lowest BCUT2D eigenvalue weighted by Gasteiger charge is -2.34. The molecule has 0 radical (unpaired) electrons. The molecule has 0 heterocycles. The van der Waals surface area contributed by atoms with Crippen LogP contribution in [0.15, 0.2) is 78.9 Å². The average molecular weight is 569 g/mol. The fourth-order valence-electron chi connectivity index (χ4n) is 4.17. The topological polar surface area (TPSA) is 90.0 Å². The number of benzene rings is 3. The van der Waals surface area contributed by atoms with Crippen molar-refractivity contribution in [1.29, 1.82) is 0 Å². The predicted octanol–water partition coefficient (Wildman–Crippen LogP) is 3.91. The Kier molecular flexibility index (Phi) is 10.8. The SMILES string of the molecule is CCCNC(=O)[C@H](Cc1ccccc1)N(Cc1ccc(C)cc1)C(=O)CN(c1ccccc1F)S(=O)(=O)N(C)C. The Bertz CT molecular complexity index is 1380. The minimum absolute atomic E-state index is 0.0588. The lowest BCUT2D eigenvalue weighted by molar-refractivity contribution is -0.140. The van der Waals surface area contributed by atoms with Gasteiger partial charge in [0.1, 0.15) is 18.4 Å². The van der Waals surface area contributed by atoms with Crippen LogP contribution in [0.1, 0.15) is 30.0 Å². The predicted molar refractivity (Wildman–Crippen MR) is 155 cm³/mol. The number of nitrogens with one attached hydrogen (secondary N) is 1. The highest BCUT2D eigenvalue weighted by atomic mass is 32.2. The van der Waals surface area contributed by atoms with Crippen LogP contribution < -0.4 is 9.62 Å². The van der Waals surface area contributed by atoms with Crippen LogP contribution in [0.3, 0.4) is 0 Å². The molecule has 0 saturated carbocycles. The third-order valence-electron chi connectivity index (χ3n) is 6.43. The Morgan fingerprint density at radius 1 is 0.900 bits per heavy atom. The molecule has 0 saturated heterocycles. The zero-order valence-electron chi connectivity index (χ0n) is 23.4. The van der Waals surface area contributed by atoms with Gasteiger partial charge in [-0.2, -0.15) is 12.7 Å². The van der Waals surface area contributed by atoms with Crippen LogP contribution in [0.25, 0.3) is 0 Å². The molecule has 40 heavy (non-hydrogen) atoms. The lowest BCUT2D eigenvalue weighted by Crippen LogP contribution is -2.54. The van der Waals surface area contributed by atoms with E-state index in [4.69, 9.17) is 0 Å². The second-order valence-electron chi connectivity index (χ2n) is 9.75. The fourth-order valence-corrected chi connectivity index (χ4v) is 5.23. The summed E-state index contributed by atoms with van der Waals surface area (Å²) in [4.78, 5) is 29.0. The summed E-state index contributed by atoms with van der Waals surface area (Å²) in [6.07, 6.45) is 0.923. The van der Waals surface area contributed by atoms with Gasteiger partial charge >= 0.3 is 10.2 Å². The van der Waals surface area contributed by atoms with Crippen molar-refractivity contribution in [2.45, 2.75) is 39.3 Å². The van der Waals surface area contributed by atoms with E-state index < -0.39 is 34.5 Å². The number of aryl methyl sites for hydroxylation is 1. The van der Waals surface area contributed by atoms with Crippen molar-refractivity contribution in [1.82, 2.24) is 14.5 Å². The van der Waals surface area contributed by atoms with Gasteiger partial charge in [-0.15, -0.1) is 0 Å². The van der Waals surface area contributed by atoms with Gasteiger partial charge in [0.25, 0.3) is 0 Å². The Hall–Kier alpha value is -3.76. The van der Waals surface area contributed by atoms with Crippen molar-refractivity contribution in [3.05, 3.63) is 101 Å². The van der Waals surface area contributed by atoms with E-state index in [0.717, 1.165) is 31.4 Å². The quantitative estimate of drug-likeness (QED) is 0.339. The molecule has 3 aromatic rings. The highest BCUT2D eigenvalue weighted by Crippen LogP contribution is 2.24. The molecule has 0 bridgehead atoms. The zero-order valence-corrected chi connectivity index (χ0v) is 24.2. The first-order valence-corrected chi connectivity index (χ1v) is 14.6. The van der Waals surface area contributed by atoms with E-state index in [1.54, 1.807) is 0 Å². The summed E-state index contributed by atoms with van der Waals surface area (Å²) in [5, 5.41) is 2.89. The van der Waals surface area contributed by atoms with Crippen molar-refractivity contribution < 1.29 is 22.4 Å². The lowest BCUT2D eigenvalue weighted by atomic mass is 10.0. The van der Waals surface area contributed by atoms with Crippen LogP contribution in [0.4, 0.5) is 10.1 Å². The molecule has 0 aliphatic heterocycles. The van der Waals surface area contributed by atoms with Crippen LogP contribution >= 0.6 is 0 Å². The van der Waals surface area contributed by atoms with Crippen LogP contribution in [0, 0.1) is 12.7 Å². The molecule has 3 rings (SSSR count). The number of nitrogens with zero attached hydrogens (tertiary/aromatic N) is 3. The number of carbonyl (C=O) groups is 2. The summed E-state index contributed by atoms with van der Waals surface area (Å²) < 4.78 is 43.2. The molecule has 8 nitrogen and oxygen atoms in total. The Morgan fingerprint density at radius 2 is 1.52 bits per heavy atom. The molecule has 3 aromatic carbocycles. The number of rotatable bonds is 13. The standard InChI is InChI=1S/C30H37FN4O4S/c1-5-19-32-30(37)28(20-24-11-7-6-8-12-24)34(21-25-17-15-23(2)16-18-25)29(36)22-35(40(38,39)33(3)4)27-14-10-9-13-26(27)31/h6-18,28H,5,19-22H2,1-4H3,(H,32,37)/t28-/m0/s1. The van der Waals surface area contributed by atoms with Gasteiger partial charge in [-0.25, -0.2) is 8.70 Å². The molecule has 1 N–H and O–H groups in total. The number of carbonyl (C=O) groups excluding carboxylic acids is 2. The van der Waals surface area contributed by atoms with E-state index in [9.17, 15) is 22.4 Å². The van der Waals surface area contributed by atoms with E-state index >= 15 is 0 Å². The van der Waals surface area contributed by atoms with Crippen LogP contribution in [0.5, 0.6) is 0 Å². The number of anilines is 1. The first-order chi connectivity index (χ1) is 19.0. The van der Waals surface area contributed by atoms with Crippen molar-refractivity contribution in [2.75, 3.05) is 31.5 Å². The fraction of sp³-hybridized carbons (Fsp3) is 0.333. The van der Waals surface area contributed by atoms with Gasteiger partial charge < -0.3 is 10.2 Å². The third-order valence-corrected chi connectivity index (χ3v) is 8.24. The van der Waals surface area contributed by atoms with Gasteiger partial charge in [0.2, 0.25) is 11.8 Å². The van der Waals surface area contributed by atoms with E-state index in [2.05, 4.69) is 5.32 Å². The summed E-state index contributed by atoms with van der Waals surface area (Å²) in [6, 6.07) is 21.3. The summed E-state index contributed by atoms with van der Waals surface area (Å²) in [6.45, 7) is 3.66. The molecule has 0 spiro atoms. The zero-order chi connectivity index (χ0) is 29.3. The van der Waals surface area contributed by atoms with Crippen LogP contribution in [0.2, 0.25) is 0 Å². The molecule has 10 heteroatoms. The maximum atomic E-state index is 14.9. The molecule has 2 amide bonds. The van der Waals surface area contributed by atoms with Crippen molar-refractivity contribution >= 4 is 27.7 Å². The molecule has 0 aliphatic rings. The number of hydrogen-bond acceptors (Lipinski definition) is 4. The average Bonchev–Trinajstić information content (AvgIpc) is 2.94. The third kappa shape index (κ3) is 7.89. The monoisotopic (exact) mass is 568 g/mol. The van der Waals surface area contributed by atoms with E-state index in [1.807, 2.05) is 68.4 Å². The first kappa shape index (κ1) is 30.8. The highest BCUT2D eigenvalue weighted by molar-refractivity contribution is 7.90. The second-order valence-corrected chi connectivity index (χ2v) is 11.8. The Labute approximate surface area is 236 Å². The van der Waals surface area contributed by atoms with E-state index in [1.165, 1.54) is 37.2 Å². The molecule has 214 valence electrons. The molecular weight excluding hydrogens is 531 g/mol. The number of para-hydroxylation sites is 1. The van der Waals surface area contributed by atoms with Gasteiger partial charge in [-0.3, -0.25) is 9.59 Å². The number of hydrogen-bond donors (Lipinski definition) is 1. The molecular formula is C30H37FN4O4S. The highest BCUT2D eigenvalue weighted by Gasteiger charge is 2.35. The molecule has 1 atom stereocenters. The minimum atomic E-state index is -4.26. The van der Waals surface area contributed by atoms with Gasteiger partial charge in [-0.1, -0.05) is 79.2 Å². The van der Waals surface area contributed by atoms with Crippen molar-refractivity contribution in [2.24, 2.45) is 0 Å². The maximum Gasteiger partial charge on any atom is 0.304 e.